The lowest BCUT2D eigenvalue weighted by Gasteiger charge is -2.36. The first kappa shape index (κ1) is 18.4. The molecule has 3 unspecified atom stereocenters. The van der Waals surface area contributed by atoms with Gasteiger partial charge < -0.3 is 10.1 Å². The second kappa shape index (κ2) is 7.23. The quantitative estimate of drug-likeness (QED) is 0.657. The van der Waals surface area contributed by atoms with Gasteiger partial charge in [-0.2, -0.15) is 0 Å². The molecule has 1 aliphatic heterocycles. The van der Waals surface area contributed by atoms with E-state index in [-0.39, 0.29) is 36.6 Å². The van der Waals surface area contributed by atoms with Crippen molar-refractivity contribution in [2.24, 2.45) is 11.8 Å². The molecule has 4 rings (SSSR count). The van der Waals surface area contributed by atoms with Crippen LogP contribution in [0.3, 0.4) is 0 Å². The van der Waals surface area contributed by atoms with E-state index in [2.05, 4.69) is 5.32 Å². The average Bonchev–Trinajstić information content (AvgIpc) is 2.66. The van der Waals surface area contributed by atoms with Crippen molar-refractivity contribution in [3.8, 4) is 0 Å². The van der Waals surface area contributed by atoms with Crippen LogP contribution in [0.5, 0.6) is 0 Å². The number of hydrogen-bond acceptors (Lipinski definition) is 4. The van der Waals surface area contributed by atoms with Crippen molar-refractivity contribution < 1.29 is 19.1 Å². The highest BCUT2D eigenvalue weighted by Gasteiger charge is 2.45. The Kier molecular flexibility index (Phi) is 4.75. The lowest BCUT2D eigenvalue weighted by molar-refractivity contribution is -0.153. The van der Waals surface area contributed by atoms with Gasteiger partial charge >= 0.3 is 5.97 Å². The number of ketones is 1. The van der Waals surface area contributed by atoms with Gasteiger partial charge in [0.2, 0.25) is 5.91 Å². The maximum atomic E-state index is 13.3. The van der Waals surface area contributed by atoms with Crippen LogP contribution in [0.2, 0.25) is 0 Å². The number of ether oxygens (including phenoxy) is 1. The molecule has 2 aromatic rings. The smallest absolute Gasteiger partial charge is 0.317 e. The number of fused-ring (bicyclic) bond motifs is 1. The van der Waals surface area contributed by atoms with Gasteiger partial charge in [0.05, 0.1) is 6.61 Å². The third-order valence-electron chi connectivity index (χ3n) is 5.71. The molecule has 0 spiro atoms. The Morgan fingerprint density at radius 1 is 1.11 bits per heavy atom. The van der Waals surface area contributed by atoms with E-state index in [1.807, 2.05) is 49.4 Å². The Hall–Kier alpha value is -2.95. The summed E-state index contributed by atoms with van der Waals surface area (Å²) in [5.74, 6) is -2.14. The molecule has 2 aromatic carbocycles. The molecule has 5 heteroatoms. The van der Waals surface area contributed by atoms with Gasteiger partial charge in [-0.15, -0.1) is 0 Å². The van der Waals surface area contributed by atoms with Gasteiger partial charge in [0.25, 0.3) is 0 Å². The molecular formula is C23H23NO4. The number of benzene rings is 2. The standard InChI is InChI=1S/C23H23NO4/c1-3-28-23(27)20-13(2)10-18-21(22(20)26)17(12-19(25)24-18)16-9-8-14-6-4-5-7-15(14)11-16/h4-9,11,13,17,20H,3,10,12H2,1-2H3,(H,24,25). The lowest BCUT2D eigenvalue weighted by atomic mass is 9.70. The van der Waals surface area contributed by atoms with Gasteiger partial charge in [-0.3, -0.25) is 14.4 Å². The number of nitrogens with one attached hydrogen (secondary N) is 1. The van der Waals surface area contributed by atoms with Crippen LogP contribution >= 0.6 is 0 Å². The molecule has 0 aromatic heterocycles. The van der Waals surface area contributed by atoms with E-state index < -0.39 is 11.9 Å². The predicted octanol–water partition coefficient (Wildman–Crippen LogP) is 3.49. The summed E-state index contributed by atoms with van der Waals surface area (Å²) in [6, 6.07) is 14.0. The molecule has 1 N–H and O–H groups in total. The Balaban J connectivity index is 1.78. The van der Waals surface area contributed by atoms with Gasteiger partial charge in [0.1, 0.15) is 5.92 Å². The fraction of sp³-hybridized carbons (Fsp3) is 0.348. The first-order valence-corrected chi connectivity index (χ1v) is 9.72. The number of carbonyl (C=O) groups excluding carboxylic acids is 3. The monoisotopic (exact) mass is 377 g/mol. The Morgan fingerprint density at radius 3 is 2.61 bits per heavy atom. The summed E-state index contributed by atoms with van der Waals surface area (Å²) in [6.45, 7) is 3.83. The summed E-state index contributed by atoms with van der Waals surface area (Å²) in [4.78, 5) is 38.1. The van der Waals surface area contributed by atoms with E-state index in [1.54, 1.807) is 6.92 Å². The van der Waals surface area contributed by atoms with Gasteiger partial charge in [-0.1, -0.05) is 49.4 Å². The first-order valence-electron chi connectivity index (χ1n) is 9.72. The zero-order chi connectivity index (χ0) is 19.8. The van der Waals surface area contributed by atoms with E-state index in [4.69, 9.17) is 4.74 Å². The van der Waals surface area contributed by atoms with Crippen molar-refractivity contribution in [1.29, 1.82) is 0 Å². The summed E-state index contributed by atoms with van der Waals surface area (Å²) < 4.78 is 5.15. The van der Waals surface area contributed by atoms with Crippen LogP contribution in [-0.4, -0.2) is 24.3 Å². The second-order valence-electron chi connectivity index (χ2n) is 7.58. The van der Waals surface area contributed by atoms with Crippen LogP contribution < -0.4 is 5.32 Å². The summed E-state index contributed by atoms with van der Waals surface area (Å²) in [5, 5.41) is 5.04. The molecule has 0 saturated heterocycles. The van der Waals surface area contributed by atoms with E-state index in [1.165, 1.54) is 0 Å². The normalized spacial score (nSPS) is 24.7. The van der Waals surface area contributed by atoms with Crippen molar-refractivity contribution >= 4 is 28.4 Å². The average molecular weight is 377 g/mol. The van der Waals surface area contributed by atoms with Crippen molar-refractivity contribution in [3.05, 3.63) is 59.3 Å². The van der Waals surface area contributed by atoms with Crippen LogP contribution in [0, 0.1) is 11.8 Å². The van der Waals surface area contributed by atoms with E-state index in [0.717, 1.165) is 16.3 Å². The Bertz CT molecular complexity index is 1010. The molecule has 28 heavy (non-hydrogen) atoms. The zero-order valence-corrected chi connectivity index (χ0v) is 16.0. The minimum absolute atomic E-state index is 0.0912. The predicted molar refractivity (Wildman–Crippen MR) is 105 cm³/mol. The molecule has 0 radical (unpaired) electrons. The third kappa shape index (κ3) is 3.11. The summed E-state index contributed by atoms with van der Waals surface area (Å²) in [7, 11) is 0. The van der Waals surface area contributed by atoms with E-state index in [9.17, 15) is 14.4 Å². The number of amides is 1. The fourth-order valence-corrected chi connectivity index (χ4v) is 4.41. The summed E-state index contributed by atoms with van der Waals surface area (Å²) in [5.41, 5.74) is 2.14. The molecule has 0 saturated carbocycles. The van der Waals surface area contributed by atoms with Crippen molar-refractivity contribution in [2.45, 2.75) is 32.6 Å². The molecule has 5 nitrogen and oxygen atoms in total. The van der Waals surface area contributed by atoms with Crippen molar-refractivity contribution in [3.63, 3.8) is 0 Å². The first-order chi connectivity index (χ1) is 13.5. The Morgan fingerprint density at radius 2 is 1.86 bits per heavy atom. The topological polar surface area (TPSA) is 72.5 Å². The van der Waals surface area contributed by atoms with Crippen molar-refractivity contribution in [2.75, 3.05) is 6.61 Å². The highest BCUT2D eigenvalue weighted by atomic mass is 16.5. The highest BCUT2D eigenvalue weighted by Crippen LogP contribution is 2.42. The minimum atomic E-state index is -0.809. The Labute approximate surface area is 163 Å². The third-order valence-corrected chi connectivity index (χ3v) is 5.71. The van der Waals surface area contributed by atoms with Gasteiger partial charge in [0, 0.05) is 23.6 Å². The molecule has 1 amide bonds. The van der Waals surface area contributed by atoms with E-state index in [0.29, 0.717) is 17.7 Å². The lowest BCUT2D eigenvalue weighted by Crippen LogP contribution is -2.44. The molecule has 1 aliphatic carbocycles. The summed E-state index contributed by atoms with van der Waals surface area (Å²) >= 11 is 0. The van der Waals surface area contributed by atoms with Crippen LogP contribution in [0.4, 0.5) is 0 Å². The SMILES string of the molecule is CCOC(=O)C1C(=O)C2=C(CC1C)NC(=O)CC2c1ccc2ccccc2c1. The molecule has 3 atom stereocenters. The number of esters is 1. The molecular weight excluding hydrogens is 354 g/mol. The molecule has 2 aliphatic rings. The number of rotatable bonds is 3. The minimum Gasteiger partial charge on any atom is -0.465 e. The molecule has 1 heterocycles. The fourth-order valence-electron chi connectivity index (χ4n) is 4.41. The number of allylic oxidation sites excluding steroid dienone is 2. The largest absolute Gasteiger partial charge is 0.465 e. The van der Waals surface area contributed by atoms with E-state index >= 15 is 0 Å². The maximum Gasteiger partial charge on any atom is 0.317 e. The zero-order valence-electron chi connectivity index (χ0n) is 16.0. The van der Waals surface area contributed by atoms with Crippen molar-refractivity contribution in [1.82, 2.24) is 5.32 Å². The van der Waals surface area contributed by atoms with Gasteiger partial charge in [0.15, 0.2) is 5.78 Å². The van der Waals surface area contributed by atoms with Crippen LogP contribution in [0.1, 0.15) is 38.2 Å². The number of hydrogen-bond donors (Lipinski definition) is 1. The summed E-state index contributed by atoms with van der Waals surface area (Å²) in [6.07, 6.45) is 0.688. The van der Waals surface area contributed by atoms with Crippen LogP contribution in [0.25, 0.3) is 10.8 Å². The second-order valence-corrected chi connectivity index (χ2v) is 7.58. The van der Waals surface area contributed by atoms with Gasteiger partial charge in [-0.25, -0.2) is 0 Å². The molecule has 144 valence electrons. The molecule has 0 bridgehead atoms. The van der Waals surface area contributed by atoms with Crippen LogP contribution in [-0.2, 0) is 19.1 Å². The highest BCUT2D eigenvalue weighted by molar-refractivity contribution is 6.11. The maximum absolute atomic E-state index is 13.3. The van der Waals surface area contributed by atoms with Gasteiger partial charge in [-0.05, 0) is 35.6 Å². The van der Waals surface area contributed by atoms with Crippen LogP contribution in [0.15, 0.2) is 53.7 Å². The number of Topliss-reactive ketones (excluding diaryl/α,β-unsaturated/α-hetero) is 1. The number of carbonyl (C=O) groups is 3. The molecule has 0 fully saturated rings.